The number of aromatic nitrogens is 2. The molecule has 0 aliphatic carbocycles. The van der Waals surface area contributed by atoms with Crippen molar-refractivity contribution in [1.29, 1.82) is 0 Å². The lowest BCUT2D eigenvalue weighted by Crippen LogP contribution is -2.10. The summed E-state index contributed by atoms with van der Waals surface area (Å²) in [6, 6.07) is 3.87. The molecule has 0 aliphatic rings. The molecule has 2 rings (SSSR count). The van der Waals surface area contributed by atoms with Crippen molar-refractivity contribution in [3.63, 3.8) is 0 Å². The fourth-order valence-corrected chi connectivity index (χ4v) is 2.99. The number of nitrogens with one attached hydrogen (secondary N) is 1. The van der Waals surface area contributed by atoms with E-state index in [2.05, 4.69) is 38.2 Å². The molecular weight excluding hydrogens is 300 g/mol. The van der Waals surface area contributed by atoms with Crippen LogP contribution in [0.2, 0.25) is 0 Å². The third-order valence-corrected chi connectivity index (χ3v) is 4.09. The lowest BCUT2D eigenvalue weighted by molar-refractivity contribution is 0.876. The molecule has 0 saturated carbocycles. The lowest BCUT2D eigenvalue weighted by Gasteiger charge is -2.06. The number of nitrogen functional groups attached to an aromatic ring is 1. The molecule has 0 atom stereocenters. The molecule has 0 amide bonds. The molecule has 0 fully saturated rings. The van der Waals surface area contributed by atoms with E-state index in [0.29, 0.717) is 11.6 Å². The zero-order valence-corrected chi connectivity index (χ0v) is 11.8. The number of hydrazine groups is 1. The molecule has 0 unspecified atom stereocenters. The number of nitrogens with two attached hydrogens (primary N) is 1. The van der Waals surface area contributed by atoms with Crippen LogP contribution in [0.3, 0.4) is 0 Å². The average molecular weight is 313 g/mol. The van der Waals surface area contributed by atoms with Gasteiger partial charge in [-0.2, -0.15) is 0 Å². The van der Waals surface area contributed by atoms with Gasteiger partial charge in [-0.25, -0.2) is 15.8 Å². The quantitative estimate of drug-likeness (QED) is 0.672. The summed E-state index contributed by atoms with van der Waals surface area (Å²) < 4.78 is 1.01. The van der Waals surface area contributed by atoms with E-state index in [4.69, 9.17) is 5.84 Å². The Labute approximate surface area is 112 Å². The Bertz CT molecular complexity index is 512. The first-order chi connectivity index (χ1) is 8.24. The summed E-state index contributed by atoms with van der Waals surface area (Å²) in [5, 5.41) is 2.00. The first-order valence-corrected chi connectivity index (χ1v) is 6.99. The van der Waals surface area contributed by atoms with Crippen LogP contribution in [0, 0.1) is 0 Å². The van der Waals surface area contributed by atoms with Gasteiger partial charge in [-0.15, -0.1) is 11.3 Å². The Balaban J connectivity index is 2.46. The minimum absolute atomic E-state index is 0.652. The third-order valence-electron chi connectivity index (χ3n) is 2.25. The first-order valence-electron chi connectivity index (χ1n) is 5.32. The molecule has 2 heterocycles. The second-order valence-corrected chi connectivity index (χ2v) is 5.33. The maximum absolute atomic E-state index is 5.43. The van der Waals surface area contributed by atoms with Gasteiger partial charge >= 0.3 is 0 Å². The minimum atomic E-state index is 0.652. The van der Waals surface area contributed by atoms with Crippen molar-refractivity contribution in [1.82, 2.24) is 9.97 Å². The van der Waals surface area contributed by atoms with E-state index in [1.54, 1.807) is 11.3 Å². The number of thiophene rings is 1. The van der Waals surface area contributed by atoms with E-state index in [1.807, 2.05) is 17.5 Å². The van der Waals surface area contributed by atoms with Gasteiger partial charge in [-0.3, -0.25) is 0 Å². The molecule has 2 aromatic heterocycles. The maximum Gasteiger partial charge on any atom is 0.173 e. The monoisotopic (exact) mass is 312 g/mol. The van der Waals surface area contributed by atoms with Gasteiger partial charge in [0.05, 0.1) is 4.88 Å². The summed E-state index contributed by atoms with van der Waals surface area (Å²) in [7, 11) is 0. The van der Waals surface area contributed by atoms with Gasteiger partial charge in [0, 0.05) is 16.2 Å². The zero-order valence-electron chi connectivity index (χ0n) is 9.40. The van der Waals surface area contributed by atoms with Crippen molar-refractivity contribution in [2.24, 2.45) is 5.84 Å². The number of rotatable bonds is 4. The molecule has 0 saturated heterocycles. The summed E-state index contributed by atoms with van der Waals surface area (Å²) in [5.74, 6) is 6.79. The maximum atomic E-state index is 5.43. The van der Waals surface area contributed by atoms with E-state index in [0.717, 1.165) is 27.9 Å². The fraction of sp³-hybridized carbons (Fsp3) is 0.273. The highest BCUT2D eigenvalue weighted by molar-refractivity contribution is 9.10. The predicted octanol–water partition coefficient (Wildman–Crippen LogP) is 3.21. The van der Waals surface area contributed by atoms with Crippen LogP contribution in [0.5, 0.6) is 0 Å². The van der Waals surface area contributed by atoms with E-state index < -0.39 is 0 Å². The molecule has 17 heavy (non-hydrogen) atoms. The van der Waals surface area contributed by atoms with Gasteiger partial charge in [0.15, 0.2) is 5.82 Å². The van der Waals surface area contributed by atoms with E-state index >= 15 is 0 Å². The Kier molecular flexibility index (Phi) is 4.09. The van der Waals surface area contributed by atoms with Crippen LogP contribution in [0.25, 0.3) is 10.7 Å². The highest BCUT2D eigenvalue weighted by Gasteiger charge is 2.10. The van der Waals surface area contributed by atoms with Crippen LogP contribution in [-0.4, -0.2) is 9.97 Å². The standard InChI is InChI=1S/C11H13BrN4S/c1-2-3-7-6-9(16-13)15-11(14-7)10-8(12)4-5-17-10/h4-6H,2-3,13H2,1H3,(H,14,15,16). The Hall–Kier alpha value is -0.980. The minimum Gasteiger partial charge on any atom is -0.308 e. The topological polar surface area (TPSA) is 63.8 Å². The molecule has 0 aliphatic heterocycles. The molecule has 0 spiro atoms. The number of anilines is 1. The molecule has 90 valence electrons. The number of nitrogens with zero attached hydrogens (tertiary/aromatic N) is 2. The number of hydrogen-bond acceptors (Lipinski definition) is 5. The van der Waals surface area contributed by atoms with Gasteiger partial charge < -0.3 is 5.43 Å². The summed E-state index contributed by atoms with van der Waals surface area (Å²) >= 11 is 5.10. The number of hydrogen-bond donors (Lipinski definition) is 2. The van der Waals surface area contributed by atoms with Crippen LogP contribution in [0.1, 0.15) is 19.0 Å². The van der Waals surface area contributed by atoms with E-state index in [-0.39, 0.29) is 0 Å². The molecular formula is C11H13BrN4S. The Morgan fingerprint density at radius 1 is 1.47 bits per heavy atom. The fourth-order valence-electron chi connectivity index (χ4n) is 1.51. The van der Waals surface area contributed by atoms with Crippen molar-refractivity contribution in [3.05, 3.63) is 27.7 Å². The first kappa shape index (κ1) is 12.5. The molecule has 0 radical (unpaired) electrons. The molecule has 3 N–H and O–H groups in total. The average Bonchev–Trinajstić information content (AvgIpc) is 2.75. The summed E-state index contributed by atoms with van der Waals surface area (Å²) in [6.45, 7) is 2.12. The number of aryl methyl sites for hydroxylation is 1. The van der Waals surface area contributed by atoms with Crippen LogP contribution in [-0.2, 0) is 6.42 Å². The van der Waals surface area contributed by atoms with Crippen molar-refractivity contribution < 1.29 is 0 Å². The molecule has 6 heteroatoms. The zero-order chi connectivity index (χ0) is 12.3. The largest absolute Gasteiger partial charge is 0.308 e. The van der Waals surface area contributed by atoms with Crippen LogP contribution >= 0.6 is 27.3 Å². The van der Waals surface area contributed by atoms with Crippen molar-refractivity contribution in [2.75, 3.05) is 5.43 Å². The second-order valence-electron chi connectivity index (χ2n) is 3.56. The highest BCUT2D eigenvalue weighted by Crippen LogP contribution is 2.31. The summed E-state index contributed by atoms with van der Waals surface area (Å²) in [6.07, 6.45) is 1.97. The van der Waals surface area contributed by atoms with Gasteiger partial charge in [-0.05, 0) is 33.8 Å². The SMILES string of the molecule is CCCc1cc(NN)nc(-c2sccc2Br)n1. The second kappa shape index (κ2) is 5.57. The summed E-state index contributed by atoms with van der Waals surface area (Å²) in [4.78, 5) is 9.95. The van der Waals surface area contributed by atoms with Gasteiger partial charge in [0.2, 0.25) is 0 Å². The van der Waals surface area contributed by atoms with Crippen molar-refractivity contribution in [3.8, 4) is 10.7 Å². The van der Waals surface area contributed by atoms with Gasteiger partial charge in [-0.1, -0.05) is 13.3 Å². The van der Waals surface area contributed by atoms with Gasteiger partial charge in [0.25, 0.3) is 0 Å². The van der Waals surface area contributed by atoms with Crippen molar-refractivity contribution in [2.45, 2.75) is 19.8 Å². The molecule has 0 aromatic carbocycles. The normalized spacial score (nSPS) is 10.5. The summed E-state index contributed by atoms with van der Waals surface area (Å²) in [5.41, 5.74) is 3.59. The van der Waals surface area contributed by atoms with E-state index in [1.165, 1.54) is 0 Å². The Morgan fingerprint density at radius 2 is 2.29 bits per heavy atom. The van der Waals surface area contributed by atoms with Crippen molar-refractivity contribution >= 4 is 33.1 Å². The van der Waals surface area contributed by atoms with Crippen LogP contribution in [0.4, 0.5) is 5.82 Å². The molecule has 4 nitrogen and oxygen atoms in total. The van der Waals surface area contributed by atoms with Crippen LogP contribution in [0.15, 0.2) is 22.0 Å². The van der Waals surface area contributed by atoms with Gasteiger partial charge in [0.1, 0.15) is 5.82 Å². The lowest BCUT2D eigenvalue weighted by atomic mass is 10.2. The third kappa shape index (κ3) is 2.83. The molecule has 2 aromatic rings. The Morgan fingerprint density at radius 3 is 2.88 bits per heavy atom. The number of halogens is 1. The van der Waals surface area contributed by atoms with E-state index in [9.17, 15) is 0 Å². The smallest absolute Gasteiger partial charge is 0.173 e. The van der Waals surface area contributed by atoms with Crippen LogP contribution < -0.4 is 11.3 Å². The molecule has 0 bridgehead atoms. The predicted molar refractivity (Wildman–Crippen MR) is 74.9 cm³/mol. The highest BCUT2D eigenvalue weighted by atomic mass is 79.9.